The molecular weight excluding hydrogens is 190 g/mol. The molecule has 3 heteroatoms. The molecule has 1 aromatic carbocycles. The normalized spacial score (nSPS) is 12.7. The quantitative estimate of drug-likeness (QED) is 0.816. The third kappa shape index (κ3) is 1.92. The second kappa shape index (κ2) is 3.87. The van der Waals surface area contributed by atoms with E-state index in [1.165, 1.54) is 0 Å². The van der Waals surface area contributed by atoms with Crippen LogP contribution in [0.3, 0.4) is 0 Å². The molecule has 1 unspecified atom stereocenters. The Morgan fingerprint density at radius 3 is 2.67 bits per heavy atom. The van der Waals surface area contributed by atoms with E-state index in [-0.39, 0.29) is 0 Å². The molecule has 0 aliphatic heterocycles. The van der Waals surface area contributed by atoms with E-state index in [0.717, 1.165) is 16.8 Å². The zero-order chi connectivity index (χ0) is 10.8. The highest BCUT2D eigenvalue weighted by molar-refractivity contribution is 5.62. The van der Waals surface area contributed by atoms with E-state index in [2.05, 4.69) is 5.16 Å². The molecule has 1 atom stereocenters. The fourth-order valence-corrected chi connectivity index (χ4v) is 1.47. The predicted molar refractivity (Wildman–Crippen MR) is 57.3 cm³/mol. The van der Waals surface area contributed by atoms with Crippen LogP contribution < -0.4 is 0 Å². The van der Waals surface area contributed by atoms with Gasteiger partial charge < -0.3 is 9.63 Å². The fourth-order valence-electron chi connectivity index (χ4n) is 1.47. The molecule has 0 spiro atoms. The number of aryl methyl sites for hydroxylation is 1. The van der Waals surface area contributed by atoms with Gasteiger partial charge >= 0.3 is 0 Å². The lowest BCUT2D eigenvalue weighted by molar-refractivity contribution is 0.158. The highest BCUT2D eigenvalue weighted by Crippen LogP contribution is 2.24. The lowest BCUT2D eigenvalue weighted by Crippen LogP contribution is -1.85. The summed E-state index contributed by atoms with van der Waals surface area (Å²) >= 11 is 0. The molecule has 0 amide bonds. The van der Waals surface area contributed by atoms with Gasteiger partial charge in [-0.2, -0.15) is 0 Å². The van der Waals surface area contributed by atoms with Crippen molar-refractivity contribution in [2.45, 2.75) is 20.0 Å². The maximum Gasteiger partial charge on any atom is 0.165 e. The van der Waals surface area contributed by atoms with E-state index in [1.54, 1.807) is 13.0 Å². The number of hydrogen-bond donors (Lipinski definition) is 1. The Kier molecular flexibility index (Phi) is 2.56. The molecule has 1 aromatic heterocycles. The first-order valence-corrected chi connectivity index (χ1v) is 4.89. The van der Waals surface area contributed by atoms with Gasteiger partial charge in [-0.3, -0.25) is 0 Å². The first-order chi connectivity index (χ1) is 7.18. The van der Waals surface area contributed by atoms with Crippen LogP contribution in [0.2, 0.25) is 0 Å². The lowest BCUT2D eigenvalue weighted by atomic mass is 10.1. The van der Waals surface area contributed by atoms with Crippen LogP contribution in [0.1, 0.15) is 24.4 Å². The smallest absolute Gasteiger partial charge is 0.165 e. The SMILES string of the molecule is Cc1ccccc1-c1cc(C(C)O)on1. The van der Waals surface area contributed by atoms with Gasteiger partial charge in [-0.15, -0.1) is 0 Å². The molecule has 1 N–H and O–H groups in total. The van der Waals surface area contributed by atoms with Gasteiger partial charge in [0.1, 0.15) is 11.8 Å². The van der Waals surface area contributed by atoms with Crippen molar-refractivity contribution in [1.29, 1.82) is 0 Å². The van der Waals surface area contributed by atoms with E-state index >= 15 is 0 Å². The van der Waals surface area contributed by atoms with Crippen molar-refractivity contribution in [2.75, 3.05) is 0 Å². The van der Waals surface area contributed by atoms with Gasteiger partial charge in [-0.05, 0) is 19.4 Å². The van der Waals surface area contributed by atoms with Crippen LogP contribution >= 0.6 is 0 Å². The Morgan fingerprint density at radius 2 is 2.07 bits per heavy atom. The third-order valence-corrected chi connectivity index (χ3v) is 2.36. The van der Waals surface area contributed by atoms with E-state index in [4.69, 9.17) is 4.52 Å². The molecule has 1 heterocycles. The number of benzene rings is 1. The Labute approximate surface area is 88.3 Å². The van der Waals surface area contributed by atoms with Gasteiger partial charge in [0.15, 0.2) is 5.76 Å². The second-order valence-corrected chi connectivity index (χ2v) is 3.61. The van der Waals surface area contributed by atoms with Gasteiger partial charge in [0.05, 0.1) is 0 Å². The second-order valence-electron chi connectivity index (χ2n) is 3.61. The van der Waals surface area contributed by atoms with Crippen molar-refractivity contribution < 1.29 is 9.63 Å². The lowest BCUT2D eigenvalue weighted by Gasteiger charge is -1.99. The molecule has 0 aliphatic carbocycles. The van der Waals surface area contributed by atoms with Gasteiger partial charge in [-0.25, -0.2) is 0 Å². The van der Waals surface area contributed by atoms with Crippen molar-refractivity contribution in [1.82, 2.24) is 5.16 Å². The zero-order valence-corrected chi connectivity index (χ0v) is 8.77. The van der Waals surface area contributed by atoms with E-state index < -0.39 is 6.10 Å². The van der Waals surface area contributed by atoms with Gasteiger partial charge in [0, 0.05) is 11.6 Å². The van der Waals surface area contributed by atoms with E-state index in [1.807, 2.05) is 31.2 Å². The molecular formula is C12H13NO2. The van der Waals surface area contributed by atoms with E-state index in [9.17, 15) is 5.11 Å². The summed E-state index contributed by atoms with van der Waals surface area (Å²) in [6.45, 7) is 3.67. The average molecular weight is 203 g/mol. The van der Waals surface area contributed by atoms with Crippen LogP contribution in [0.25, 0.3) is 11.3 Å². The first kappa shape index (κ1) is 9.93. The summed E-state index contributed by atoms with van der Waals surface area (Å²) in [4.78, 5) is 0. The number of hydrogen-bond acceptors (Lipinski definition) is 3. The molecule has 0 saturated carbocycles. The molecule has 0 bridgehead atoms. The predicted octanol–water partition coefficient (Wildman–Crippen LogP) is 2.70. The molecule has 0 radical (unpaired) electrons. The van der Waals surface area contributed by atoms with E-state index in [0.29, 0.717) is 5.76 Å². The summed E-state index contributed by atoms with van der Waals surface area (Å²) in [6.07, 6.45) is -0.615. The van der Waals surface area contributed by atoms with Gasteiger partial charge in [0.25, 0.3) is 0 Å². The minimum absolute atomic E-state index is 0.494. The molecule has 2 rings (SSSR count). The molecule has 0 saturated heterocycles. The fraction of sp³-hybridized carbons (Fsp3) is 0.250. The third-order valence-electron chi connectivity index (χ3n) is 2.36. The topological polar surface area (TPSA) is 46.3 Å². The zero-order valence-electron chi connectivity index (χ0n) is 8.77. The summed E-state index contributed by atoms with van der Waals surface area (Å²) in [5, 5.41) is 13.3. The molecule has 0 fully saturated rings. The Balaban J connectivity index is 2.42. The maximum absolute atomic E-state index is 9.32. The summed E-state index contributed by atoms with van der Waals surface area (Å²) in [5.41, 5.74) is 2.94. The van der Waals surface area contributed by atoms with Crippen molar-refractivity contribution in [3.05, 3.63) is 41.7 Å². The highest BCUT2D eigenvalue weighted by atomic mass is 16.5. The van der Waals surface area contributed by atoms with Gasteiger partial charge in [-0.1, -0.05) is 29.4 Å². The number of nitrogens with zero attached hydrogens (tertiary/aromatic N) is 1. The van der Waals surface area contributed by atoms with Crippen LogP contribution in [0.4, 0.5) is 0 Å². The van der Waals surface area contributed by atoms with Crippen molar-refractivity contribution in [3.63, 3.8) is 0 Å². The van der Waals surface area contributed by atoms with Gasteiger partial charge in [0.2, 0.25) is 0 Å². The Hall–Kier alpha value is -1.61. The highest BCUT2D eigenvalue weighted by Gasteiger charge is 2.11. The molecule has 3 nitrogen and oxygen atoms in total. The summed E-state index contributed by atoms with van der Waals surface area (Å²) in [5.74, 6) is 0.494. The monoisotopic (exact) mass is 203 g/mol. The standard InChI is InChI=1S/C12H13NO2/c1-8-5-3-4-6-10(8)11-7-12(9(2)14)15-13-11/h3-7,9,14H,1-2H3. The van der Waals surface area contributed by atoms with Crippen LogP contribution in [-0.2, 0) is 0 Å². The average Bonchev–Trinajstić information content (AvgIpc) is 2.67. The van der Waals surface area contributed by atoms with Crippen LogP contribution in [-0.4, -0.2) is 10.3 Å². The number of aliphatic hydroxyl groups excluding tert-OH is 1. The molecule has 78 valence electrons. The van der Waals surface area contributed by atoms with Crippen molar-refractivity contribution >= 4 is 0 Å². The minimum atomic E-state index is -0.615. The number of aromatic nitrogens is 1. The Morgan fingerprint density at radius 1 is 1.33 bits per heavy atom. The molecule has 2 aromatic rings. The van der Waals surface area contributed by atoms with Crippen LogP contribution in [0.15, 0.2) is 34.9 Å². The first-order valence-electron chi connectivity index (χ1n) is 4.89. The maximum atomic E-state index is 9.32. The minimum Gasteiger partial charge on any atom is -0.385 e. The van der Waals surface area contributed by atoms with Crippen molar-refractivity contribution in [2.24, 2.45) is 0 Å². The summed E-state index contributed by atoms with van der Waals surface area (Å²) in [6, 6.07) is 9.71. The van der Waals surface area contributed by atoms with Crippen LogP contribution in [0.5, 0.6) is 0 Å². The number of rotatable bonds is 2. The molecule has 0 aliphatic rings. The number of aliphatic hydroxyl groups is 1. The largest absolute Gasteiger partial charge is 0.385 e. The summed E-state index contributed by atoms with van der Waals surface area (Å²) < 4.78 is 5.04. The van der Waals surface area contributed by atoms with Crippen LogP contribution in [0, 0.1) is 6.92 Å². The van der Waals surface area contributed by atoms with Crippen molar-refractivity contribution in [3.8, 4) is 11.3 Å². The summed E-state index contributed by atoms with van der Waals surface area (Å²) in [7, 11) is 0. The Bertz CT molecular complexity index is 460. The molecule has 15 heavy (non-hydrogen) atoms.